The number of benzene rings is 4. The Morgan fingerprint density at radius 2 is 1.60 bits per heavy atom. The quantitative estimate of drug-likeness (QED) is 0.414. The van der Waals surface area contributed by atoms with Gasteiger partial charge in [-0.05, 0) is 44.3 Å². The first-order valence-corrected chi connectivity index (χ1v) is 8.69. The number of hydrogen-bond donors (Lipinski definition) is 2. The molecule has 0 aliphatic rings. The molecule has 0 saturated carbocycles. The SMILES string of the molecule is CCC(C=O)(CO)NCc1ccc2ccc3cccc4ccc1c2c34. The van der Waals surface area contributed by atoms with Crippen LogP contribution in [0.3, 0.4) is 0 Å². The van der Waals surface area contributed by atoms with Crippen molar-refractivity contribution in [3.8, 4) is 0 Å². The van der Waals surface area contributed by atoms with Crippen molar-refractivity contribution in [3.05, 3.63) is 60.2 Å². The topological polar surface area (TPSA) is 49.3 Å². The molecular weight excluding hydrogens is 310 g/mol. The van der Waals surface area contributed by atoms with Crippen LogP contribution in [0.4, 0.5) is 0 Å². The van der Waals surface area contributed by atoms with Gasteiger partial charge in [-0.2, -0.15) is 0 Å². The Morgan fingerprint density at radius 1 is 0.960 bits per heavy atom. The molecule has 1 unspecified atom stereocenters. The highest BCUT2D eigenvalue weighted by Gasteiger charge is 2.26. The van der Waals surface area contributed by atoms with E-state index >= 15 is 0 Å². The number of nitrogens with one attached hydrogen (secondary N) is 1. The van der Waals surface area contributed by atoms with E-state index in [-0.39, 0.29) is 6.61 Å². The van der Waals surface area contributed by atoms with E-state index in [1.807, 2.05) is 6.92 Å². The lowest BCUT2D eigenvalue weighted by atomic mass is 9.91. The van der Waals surface area contributed by atoms with Gasteiger partial charge in [0.05, 0.1) is 12.1 Å². The molecule has 3 heteroatoms. The third-order valence-electron chi connectivity index (χ3n) is 5.39. The number of rotatable bonds is 6. The molecule has 0 saturated heterocycles. The summed E-state index contributed by atoms with van der Waals surface area (Å²) in [5, 5.41) is 20.3. The van der Waals surface area contributed by atoms with E-state index in [4.69, 9.17) is 0 Å². The van der Waals surface area contributed by atoms with Crippen molar-refractivity contribution in [1.82, 2.24) is 5.32 Å². The molecule has 126 valence electrons. The molecule has 0 aliphatic carbocycles. The van der Waals surface area contributed by atoms with Crippen LogP contribution < -0.4 is 5.32 Å². The first-order valence-electron chi connectivity index (χ1n) is 8.69. The molecule has 0 heterocycles. The van der Waals surface area contributed by atoms with Gasteiger partial charge in [0.25, 0.3) is 0 Å². The maximum absolute atomic E-state index is 11.4. The predicted molar refractivity (Wildman–Crippen MR) is 103 cm³/mol. The molecule has 25 heavy (non-hydrogen) atoms. The Balaban J connectivity index is 1.86. The highest BCUT2D eigenvalue weighted by atomic mass is 16.3. The summed E-state index contributed by atoms with van der Waals surface area (Å²) in [5.41, 5.74) is 0.267. The summed E-state index contributed by atoms with van der Waals surface area (Å²) in [5.74, 6) is 0. The number of carbonyl (C=O) groups excluding carboxylic acids is 1. The van der Waals surface area contributed by atoms with Crippen molar-refractivity contribution in [2.45, 2.75) is 25.4 Å². The summed E-state index contributed by atoms with van der Waals surface area (Å²) in [6.45, 7) is 2.25. The Bertz CT molecular complexity index is 1030. The standard InChI is InChI=1S/C22H21NO2/c1-2-22(13-24,14-25)23-12-18-9-8-17-7-6-15-4-3-5-16-10-11-19(18)21(17)20(15)16/h3-11,13,23,25H,2,12,14H2,1H3. The number of carbonyl (C=O) groups is 1. The number of aldehydes is 1. The zero-order chi connectivity index (χ0) is 17.4. The van der Waals surface area contributed by atoms with E-state index in [2.05, 4.69) is 59.9 Å². The predicted octanol–water partition coefficient (Wildman–Crippen LogP) is 4.01. The minimum atomic E-state index is -0.871. The second-order valence-electron chi connectivity index (χ2n) is 6.72. The molecule has 4 rings (SSSR count). The molecule has 4 aromatic carbocycles. The molecule has 2 N–H and O–H groups in total. The van der Waals surface area contributed by atoms with Crippen molar-refractivity contribution in [1.29, 1.82) is 0 Å². The molecule has 1 atom stereocenters. The molecule has 0 aromatic heterocycles. The molecule has 0 amide bonds. The van der Waals surface area contributed by atoms with E-state index in [0.29, 0.717) is 13.0 Å². The van der Waals surface area contributed by atoms with Crippen LogP contribution in [0, 0.1) is 0 Å². The average Bonchev–Trinajstić information content (AvgIpc) is 2.68. The Labute approximate surface area is 146 Å². The van der Waals surface area contributed by atoms with Crippen LogP contribution in [0.5, 0.6) is 0 Å². The smallest absolute Gasteiger partial charge is 0.142 e. The Morgan fingerprint density at radius 3 is 2.24 bits per heavy atom. The monoisotopic (exact) mass is 331 g/mol. The van der Waals surface area contributed by atoms with E-state index in [1.165, 1.54) is 32.3 Å². The van der Waals surface area contributed by atoms with Crippen molar-refractivity contribution in [2.75, 3.05) is 6.61 Å². The maximum Gasteiger partial charge on any atom is 0.142 e. The lowest BCUT2D eigenvalue weighted by Crippen LogP contribution is -2.49. The van der Waals surface area contributed by atoms with Gasteiger partial charge < -0.3 is 9.90 Å². The number of aliphatic hydroxyl groups excluding tert-OH is 1. The summed E-state index contributed by atoms with van der Waals surface area (Å²) < 4.78 is 0. The Hall–Kier alpha value is -2.49. The van der Waals surface area contributed by atoms with Crippen molar-refractivity contribution in [3.63, 3.8) is 0 Å². The zero-order valence-electron chi connectivity index (χ0n) is 14.3. The van der Waals surface area contributed by atoms with Gasteiger partial charge in [0.1, 0.15) is 6.29 Å². The number of aliphatic hydroxyl groups is 1. The van der Waals surface area contributed by atoms with Gasteiger partial charge in [-0.15, -0.1) is 0 Å². The minimum Gasteiger partial charge on any atom is -0.394 e. The summed E-state index contributed by atoms with van der Waals surface area (Å²) >= 11 is 0. The summed E-state index contributed by atoms with van der Waals surface area (Å²) in [6, 6.07) is 19.3. The van der Waals surface area contributed by atoms with Crippen LogP contribution in [0.1, 0.15) is 18.9 Å². The van der Waals surface area contributed by atoms with Gasteiger partial charge in [0.2, 0.25) is 0 Å². The van der Waals surface area contributed by atoms with Gasteiger partial charge in [0.15, 0.2) is 0 Å². The zero-order valence-corrected chi connectivity index (χ0v) is 14.3. The lowest BCUT2D eigenvalue weighted by Gasteiger charge is -2.26. The first kappa shape index (κ1) is 16.0. The van der Waals surface area contributed by atoms with Gasteiger partial charge in [-0.1, -0.05) is 61.5 Å². The minimum absolute atomic E-state index is 0.196. The molecular formula is C22H21NO2. The second kappa shape index (κ2) is 6.10. The summed E-state index contributed by atoms with van der Waals surface area (Å²) in [6.07, 6.45) is 1.38. The molecule has 0 bridgehead atoms. The maximum atomic E-state index is 11.4. The highest BCUT2D eigenvalue weighted by molar-refractivity contribution is 6.23. The molecule has 4 aromatic rings. The largest absolute Gasteiger partial charge is 0.394 e. The first-order chi connectivity index (χ1) is 12.2. The highest BCUT2D eigenvalue weighted by Crippen LogP contribution is 2.35. The van der Waals surface area contributed by atoms with E-state index in [1.54, 1.807) is 0 Å². The van der Waals surface area contributed by atoms with Crippen molar-refractivity contribution < 1.29 is 9.90 Å². The van der Waals surface area contributed by atoms with Gasteiger partial charge in [-0.25, -0.2) is 0 Å². The molecule has 0 fully saturated rings. The van der Waals surface area contributed by atoms with Gasteiger partial charge in [-0.3, -0.25) is 5.32 Å². The van der Waals surface area contributed by atoms with Crippen LogP contribution in [0.2, 0.25) is 0 Å². The third-order valence-corrected chi connectivity index (χ3v) is 5.39. The molecule has 3 nitrogen and oxygen atoms in total. The fraction of sp³-hybridized carbons (Fsp3) is 0.227. The van der Waals surface area contributed by atoms with E-state index in [9.17, 15) is 9.90 Å². The molecule has 0 radical (unpaired) electrons. The Kier molecular flexibility index (Phi) is 3.91. The van der Waals surface area contributed by atoms with Crippen LogP contribution in [-0.2, 0) is 11.3 Å². The lowest BCUT2D eigenvalue weighted by molar-refractivity contribution is -0.115. The van der Waals surface area contributed by atoms with Crippen LogP contribution >= 0.6 is 0 Å². The van der Waals surface area contributed by atoms with Crippen molar-refractivity contribution in [2.24, 2.45) is 0 Å². The van der Waals surface area contributed by atoms with Crippen molar-refractivity contribution >= 4 is 38.6 Å². The van der Waals surface area contributed by atoms with E-state index in [0.717, 1.165) is 11.8 Å². The van der Waals surface area contributed by atoms with Crippen LogP contribution in [0.25, 0.3) is 32.3 Å². The molecule has 0 aliphatic heterocycles. The molecule has 0 spiro atoms. The summed E-state index contributed by atoms with van der Waals surface area (Å²) in [7, 11) is 0. The third kappa shape index (κ3) is 2.48. The van der Waals surface area contributed by atoms with Gasteiger partial charge in [0, 0.05) is 6.54 Å². The van der Waals surface area contributed by atoms with E-state index < -0.39 is 5.54 Å². The number of hydrogen-bond acceptors (Lipinski definition) is 3. The van der Waals surface area contributed by atoms with Gasteiger partial charge >= 0.3 is 0 Å². The summed E-state index contributed by atoms with van der Waals surface area (Å²) in [4.78, 5) is 11.4. The fourth-order valence-corrected chi connectivity index (χ4v) is 3.68. The average molecular weight is 331 g/mol. The normalized spacial score (nSPS) is 14.3. The second-order valence-corrected chi connectivity index (χ2v) is 6.72. The fourth-order valence-electron chi connectivity index (χ4n) is 3.68. The van der Waals surface area contributed by atoms with Crippen LogP contribution in [0.15, 0.2) is 54.6 Å². The van der Waals surface area contributed by atoms with Crippen LogP contribution in [-0.4, -0.2) is 23.5 Å².